The van der Waals surface area contributed by atoms with E-state index in [0.717, 1.165) is 21.6 Å². The Morgan fingerprint density at radius 1 is 0.547 bits per heavy atom. The summed E-state index contributed by atoms with van der Waals surface area (Å²) in [5.41, 5.74) is 29.4. The molecule has 25 N–H and O–H groups in total. The van der Waals surface area contributed by atoms with Crippen LogP contribution < -0.4 is 97.8 Å². The van der Waals surface area contributed by atoms with Gasteiger partial charge in [0.15, 0.2) is 5.96 Å². The molecule has 47 heteroatoms. The summed E-state index contributed by atoms with van der Waals surface area (Å²) in [7, 11) is 1.98. The number of aliphatic hydroxyl groups excluding tert-OH is 1. The third-order valence-electron chi connectivity index (χ3n) is 24.5. The van der Waals surface area contributed by atoms with E-state index in [2.05, 4.69) is 74.1 Å². The van der Waals surface area contributed by atoms with Crippen molar-refractivity contribution < 1.29 is 101 Å². The largest absolute Gasteiger partial charge is 0.481 e. The molecule has 0 radical (unpaired) electrons. The first kappa shape index (κ1) is 115. The van der Waals surface area contributed by atoms with Crippen molar-refractivity contribution in [2.45, 2.75) is 318 Å². The third kappa shape index (κ3) is 37.2. The van der Waals surface area contributed by atoms with Gasteiger partial charge in [0, 0.05) is 64.0 Å². The van der Waals surface area contributed by atoms with Crippen LogP contribution in [0.25, 0.3) is 0 Å². The standard InChI is InChI=1S/C90H147N23O21S3/c1-9-10-12-27-61-86(131)110-41-20-30-67(110)83(128)97-53(6)74(119)108-65(49-114)81(126)107-64(48-55-24-13-11-14-25-55)80(125)109-66(82(127)105-62(28-16-18-39-92)87(132)113-44-23-33-70(113)88(133)111-42-21-31-68(111)84(129)99-56(73(93)118)34-35-71(116)117)50-137-136-46-37-60(102-77(122)59(36-45-135-8)103-85(130)69-32-22-43-112(69)89(134)72(52(4)5)98-54(7)115)78(123)106-63(47-51(2)3)79(124)101-58(29-19-40-96-90(94)95)75(120)100-57(76(121)104-61)26-15-17-38-91/h11,13-14,24-25,51-53,56-70,72,114H,9-10,12,15-23,26-50,91-92H2,1-8H3,(H2,93,118)(H,97,128)(H,98,115)(H,99,129)(H,100,120)(H,101,124)(H,102,122)(H,103,130)(H,104,121)(H,105,127)(H,106,123)(H,107,126)(H,108,119)(H,109,125)(H,116,117)(H4,94,95,96)/t53-,56-,57-,58-,59-,60-,61-,62-,63-,64-,65-,66-,67-,68-,69-,70-,72-/m0/s1. The number of likely N-dealkylation sites (tertiary alicyclic amines) is 3. The summed E-state index contributed by atoms with van der Waals surface area (Å²) in [5.74, 6) is -17.3. The fourth-order valence-electron chi connectivity index (χ4n) is 17.0. The van der Waals surface area contributed by atoms with Crippen molar-refractivity contribution in [3.8, 4) is 0 Å². The van der Waals surface area contributed by atoms with E-state index in [9.17, 15) is 63.0 Å². The van der Waals surface area contributed by atoms with Gasteiger partial charge in [-0.05, 0) is 184 Å². The SMILES string of the molecule is CCCCC[C@@H]1NC(=O)[C@H](CCCCN)NC(=O)[C@H](CCCN=C(N)N)NC(=O)[C@H](CC(C)C)NC(=O)[C@@H](NC(=O)[C@H](CCSC)NC(=O)[C@@H]2CCCN2C(=O)[C@@H](NC(C)=O)C(C)C)CCSSC[C@@H](C(=O)N[C@@H](CCCCN)C(=O)N2CCC[C@H]2C(=O)N2CCC[C@H]2C(=O)N[C@@H](CCC(=O)O)C(N)=O)NC(=O)[C@H](Cc2ccccc2)NC(=O)[C@H](CO)NC(=O)[C@H](C)NC(=O)[C@@H]2CCCN2C1=O. The van der Waals surface area contributed by atoms with Gasteiger partial charge in [-0.2, -0.15) is 11.8 Å². The molecule has 0 saturated carbocycles. The number of benzene rings is 1. The number of nitrogens with one attached hydrogen (secondary N) is 13. The van der Waals surface area contributed by atoms with Crippen molar-refractivity contribution >= 4 is 152 Å². The van der Waals surface area contributed by atoms with Gasteiger partial charge in [-0.3, -0.25) is 96.1 Å². The second-order valence-electron chi connectivity index (χ2n) is 36.1. The van der Waals surface area contributed by atoms with Crippen LogP contribution in [0.2, 0.25) is 0 Å². The summed E-state index contributed by atoms with van der Waals surface area (Å²) in [6.45, 7) is 11.0. The Balaban J connectivity index is 1.48. The van der Waals surface area contributed by atoms with Crippen molar-refractivity contribution in [1.29, 1.82) is 0 Å². The number of hydrogen-bond acceptors (Lipinski definition) is 26. The summed E-state index contributed by atoms with van der Waals surface area (Å²) in [6, 6.07) is -15.4. The average molecular weight is 1980 g/mol. The van der Waals surface area contributed by atoms with Crippen LogP contribution in [0, 0.1) is 11.8 Å². The van der Waals surface area contributed by atoms with Crippen LogP contribution in [-0.4, -0.2) is 327 Å². The van der Waals surface area contributed by atoms with E-state index >= 15 is 38.4 Å². The number of aliphatic imine (C=N–C) groups is 1. The first-order valence-corrected chi connectivity index (χ1v) is 51.6. The summed E-state index contributed by atoms with van der Waals surface area (Å²) < 4.78 is 0. The summed E-state index contributed by atoms with van der Waals surface area (Å²) in [5, 5.41) is 55.6. The van der Waals surface area contributed by atoms with E-state index in [-0.39, 0.29) is 178 Å². The number of hydrogen-bond donors (Lipinski definition) is 20. The highest BCUT2D eigenvalue weighted by molar-refractivity contribution is 8.76. The molecule has 5 aliphatic rings. The van der Waals surface area contributed by atoms with Gasteiger partial charge in [0.2, 0.25) is 106 Å². The number of rotatable bonds is 41. The van der Waals surface area contributed by atoms with E-state index in [0.29, 0.717) is 63.4 Å². The fourth-order valence-corrected chi connectivity index (χ4v) is 19.8. The Hall–Kier alpha value is -10.7. The van der Waals surface area contributed by atoms with Crippen LogP contribution in [0.1, 0.15) is 215 Å². The van der Waals surface area contributed by atoms with Gasteiger partial charge in [-0.25, -0.2) is 0 Å². The van der Waals surface area contributed by atoms with Crippen LogP contribution in [0.5, 0.6) is 0 Å². The number of thioether (sulfide) groups is 1. The molecule has 766 valence electrons. The van der Waals surface area contributed by atoms with Crippen molar-refractivity contribution in [2.75, 3.05) is 75.9 Å². The lowest BCUT2D eigenvalue weighted by Gasteiger charge is -2.33. The number of carboxylic acid groups (broad SMARTS) is 1. The molecule has 137 heavy (non-hydrogen) atoms. The quantitative estimate of drug-likeness (QED) is 0.0135. The first-order valence-electron chi connectivity index (χ1n) is 47.8. The number of carboxylic acids is 1. The molecular weight excluding hydrogens is 1840 g/mol. The molecule has 0 unspecified atom stereocenters. The van der Waals surface area contributed by atoms with Crippen LogP contribution in [0.4, 0.5) is 0 Å². The lowest BCUT2D eigenvalue weighted by Crippen LogP contribution is -2.61. The van der Waals surface area contributed by atoms with Crippen LogP contribution >= 0.6 is 33.3 Å². The summed E-state index contributed by atoms with van der Waals surface area (Å²) in [6.07, 6.45) is 4.98. The Kier molecular flexibility index (Phi) is 50.1. The predicted octanol–water partition coefficient (Wildman–Crippen LogP) is -2.99. The van der Waals surface area contributed by atoms with Crippen molar-refractivity contribution in [1.82, 2.24) is 88.7 Å². The highest BCUT2D eigenvalue weighted by Gasteiger charge is 2.47. The minimum Gasteiger partial charge on any atom is -0.481 e. The second kappa shape index (κ2) is 59.6. The zero-order valence-electron chi connectivity index (χ0n) is 80.0. The van der Waals surface area contributed by atoms with Gasteiger partial charge in [0.1, 0.15) is 103 Å². The fraction of sp³-hybridized carbons (Fsp3) is 0.711. The predicted molar refractivity (Wildman–Crippen MR) is 515 cm³/mol. The van der Waals surface area contributed by atoms with Crippen LogP contribution in [0.3, 0.4) is 0 Å². The molecular formula is C90H147N23O21S3. The van der Waals surface area contributed by atoms with E-state index in [1.54, 1.807) is 64.3 Å². The van der Waals surface area contributed by atoms with Crippen LogP contribution in [0.15, 0.2) is 35.3 Å². The van der Waals surface area contributed by atoms with Gasteiger partial charge in [0.25, 0.3) is 0 Å². The number of aliphatic carboxylic acids is 1. The second-order valence-corrected chi connectivity index (χ2v) is 39.7. The third-order valence-corrected chi connectivity index (χ3v) is 27.6. The number of nitrogens with two attached hydrogens (primary N) is 5. The molecule has 1 aromatic rings. The molecule has 0 bridgehead atoms. The zero-order chi connectivity index (χ0) is 101. The number of primary amides is 1. The Labute approximate surface area is 812 Å². The topological polar surface area (TPSA) is 677 Å². The smallest absolute Gasteiger partial charge is 0.303 e. The van der Waals surface area contributed by atoms with Gasteiger partial charge in [0.05, 0.1) is 6.61 Å². The number of nitrogens with zero attached hydrogens (tertiary/aromatic N) is 5. The number of amides is 18. The Bertz CT molecular complexity index is 4290. The normalized spacial score (nSPS) is 24.4. The Morgan fingerprint density at radius 2 is 1.09 bits per heavy atom. The van der Waals surface area contributed by atoms with Crippen molar-refractivity contribution in [3.05, 3.63) is 35.9 Å². The van der Waals surface area contributed by atoms with E-state index < -0.39 is 234 Å². The monoisotopic (exact) mass is 1980 g/mol. The molecule has 44 nitrogen and oxygen atoms in total. The molecule has 17 atom stereocenters. The zero-order valence-corrected chi connectivity index (χ0v) is 82.5. The average Bonchev–Trinajstić information content (AvgIpc) is 1.65. The van der Waals surface area contributed by atoms with Crippen molar-refractivity contribution in [3.63, 3.8) is 0 Å². The first-order chi connectivity index (χ1) is 65.3. The molecule has 0 aliphatic carbocycles. The van der Waals surface area contributed by atoms with E-state index in [4.69, 9.17) is 28.7 Å². The lowest BCUT2D eigenvalue weighted by atomic mass is 10.0. The summed E-state index contributed by atoms with van der Waals surface area (Å²) >= 11 is 1.33. The molecule has 6 rings (SSSR count). The molecule has 5 heterocycles. The van der Waals surface area contributed by atoms with E-state index in [1.165, 1.54) is 45.2 Å². The molecule has 5 saturated heterocycles. The molecule has 18 amide bonds. The maximum absolute atomic E-state index is 15.6. The molecule has 5 fully saturated rings. The maximum atomic E-state index is 15.6. The molecule has 5 aliphatic heterocycles. The lowest BCUT2D eigenvalue weighted by molar-refractivity contribution is -0.148. The highest BCUT2D eigenvalue weighted by Crippen LogP contribution is 2.30. The van der Waals surface area contributed by atoms with Gasteiger partial charge >= 0.3 is 5.97 Å². The number of fused-ring (bicyclic) bond motifs is 1. The Morgan fingerprint density at radius 3 is 1.69 bits per heavy atom. The summed E-state index contributed by atoms with van der Waals surface area (Å²) in [4.78, 5) is 284. The number of aliphatic hydroxyl groups is 1. The highest BCUT2D eigenvalue weighted by atomic mass is 33.1. The van der Waals surface area contributed by atoms with Gasteiger partial charge in [-0.15, -0.1) is 0 Å². The van der Waals surface area contributed by atoms with E-state index in [1.807, 2.05) is 6.92 Å². The molecule has 0 aromatic heterocycles. The number of guanidine groups is 1. The molecule has 1 aromatic carbocycles. The van der Waals surface area contributed by atoms with Crippen LogP contribution in [-0.2, 0) is 97.5 Å². The number of carbonyl (C=O) groups is 19. The van der Waals surface area contributed by atoms with Crippen molar-refractivity contribution in [2.24, 2.45) is 45.5 Å². The van der Waals surface area contributed by atoms with Gasteiger partial charge in [-0.1, -0.05) is 106 Å². The van der Waals surface area contributed by atoms with Gasteiger partial charge < -0.3 is 128 Å². The number of unbranched alkanes of at least 4 members (excludes halogenated alkanes) is 4. The minimum absolute atomic E-state index is 0.00109. The number of carbonyl (C=O) groups excluding carboxylic acids is 18. The maximum Gasteiger partial charge on any atom is 0.303 e. The minimum atomic E-state index is -1.82. The molecule has 0 spiro atoms.